The van der Waals surface area contributed by atoms with E-state index < -0.39 is 0 Å². The highest BCUT2D eigenvalue weighted by Crippen LogP contribution is 2.18. The van der Waals surface area contributed by atoms with E-state index in [0.29, 0.717) is 24.4 Å². The van der Waals surface area contributed by atoms with Crippen LogP contribution in [0.4, 0.5) is 0 Å². The first kappa shape index (κ1) is 12.6. The summed E-state index contributed by atoms with van der Waals surface area (Å²) in [7, 11) is 3.42. The molecule has 1 aromatic heterocycles. The number of halogens is 1. The van der Waals surface area contributed by atoms with Gasteiger partial charge in [-0.25, -0.2) is 4.68 Å². The zero-order chi connectivity index (χ0) is 11.3. The van der Waals surface area contributed by atoms with E-state index in [1.54, 1.807) is 18.8 Å². The molecule has 0 spiro atoms. The monoisotopic (exact) mass is 278 g/mol. The van der Waals surface area contributed by atoms with Crippen molar-refractivity contribution in [1.29, 1.82) is 0 Å². The number of hydrogen-bond acceptors (Lipinski definition) is 5. The second-order valence-corrected chi connectivity index (χ2v) is 3.81. The third-order valence-electron chi connectivity index (χ3n) is 1.91. The molecule has 0 bridgehead atoms. The molecule has 1 unspecified atom stereocenters. The number of ether oxygens (including phenoxy) is 2. The zero-order valence-corrected chi connectivity index (χ0v) is 10.4. The fourth-order valence-electron chi connectivity index (χ4n) is 1.16. The summed E-state index contributed by atoms with van der Waals surface area (Å²) in [4.78, 5) is 0. The summed E-state index contributed by atoms with van der Waals surface area (Å²) >= 11 is 3.29. The molecule has 0 saturated carbocycles. The van der Waals surface area contributed by atoms with Gasteiger partial charge in [0.25, 0.3) is 0 Å². The highest BCUT2D eigenvalue weighted by Gasteiger charge is 2.16. The molecule has 0 fully saturated rings. The van der Waals surface area contributed by atoms with Crippen molar-refractivity contribution < 1.29 is 9.47 Å². The normalized spacial score (nSPS) is 13.1. The molecular weight excluding hydrogens is 264 g/mol. The molecule has 7 heteroatoms. The molecular formula is C8H15BrN4O2. The van der Waals surface area contributed by atoms with Gasteiger partial charge in [0, 0.05) is 14.2 Å². The van der Waals surface area contributed by atoms with E-state index >= 15 is 0 Å². The second-order valence-electron chi connectivity index (χ2n) is 3.06. The zero-order valence-electron chi connectivity index (χ0n) is 8.81. The van der Waals surface area contributed by atoms with Crippen LogP contribution in [0.5, 0.6) is 0 Å². The molecule has 1 rings (SSSR count). The lowest BCUT2D eigenvalue weighted by Crippen LogP contribution is -2.21. The molecule has 15 heavy (non-hydrogen) atoms. The molecule has 0 aromatic carbocycles. The molecule has 1 atom stereocenters. The smallest absolute Gasteiger partial charge is 0.153 e. The van der Waals surface area contributed by atoms with Gasteiger partial charge in [0.15, 0.2) is 4.60 Å². The van der Waals surface area contributed by atoms with Gasteiger partial charge in [0.1, 0.15) is 0 Å². The van der Waals surface area contributed by atoms with Gasteiger partial charge in [-0.15, -0.1) is 5.10 Å². The maximum absolute atomic E-state index is 5.93. The molecule has 0 aliphatic rings. The number of methoxy groups -OCH3 is 1. The van der Waals surface area contributed by atoms with Gasteiger partial charge in [-0.2, -0.15) is 0 Å². The third kappa shape index (κ3) is 3.53. The largest absolute Gasteiger partial charge is 0.382 e. The van der Waals surface area contributed by atoms with Crippen LogP contribution >= 0.6 is 15.9 Å². The quantitative estimate of drug-likeness (QED) is 0.755. The Morgan fingerprint density at radius 1 is 1.53 bits per heavy atom. The SMILES string of the molecule is COCCOCC(N)c1c(Br)nnn1C. The number of aromatic nitrogens is 3. The Kier molecular flexibility index (Phi) is 5.16. The number of nitrogens with zero attached hydrogens (tertiary/aromatic N) is 3. The van der Waals surface area contributed by atoms with Crippen LogP contribution in [0.1, 0.15) is 11.7 Å². The molecule has 0 saturated heterocycles. The molecule has 0 aliphatic carbocycles. The summed E-state index contributed by atoms with van der Waals surface area (Å²) in [6, 6.07) is -0.240. The average molecular weight is 279 g/mol. The van der Waals surface area contributed by atoms with Crippen molar-refractivity contribution in [1.82, 2.24) is 15.0 Å². The summed E-state index contributed by atoms with van der Waals surface area (Å²) in [5, 5.41) is 7.69. The summed E-state index contributed by atoms with van der Waals surface area (Å²) < 4.78 is 12.5. The summed E-state index contributed by atoms with van der Waals surface area (Å²) in [6.45, 7) is 1.52. The molecule has 0 amide bonds. The topological polar surface area (TPSA) is 75.2 Å². The van der Waals surface area contributed by atoms with Crippen molar-refractivity contribution in [2.75, 3.05) is 26.9 Å². The van der Waals surface area contributed by atoms with Gasteiger partial charge in [-0.05, 0) is 15.9 Å². The van der Waals surface area contributed by atoms with Crippen LogP contribution < -0.4 is 5.73 Å². The maximum atomic E-state index is 5.93. The van der Waals surface area contributed by atoms with Crippen LogP contribution in [-0.4, -0.2) is 41.9 Å². The number of rotatable bonds is 6. The van der Waals surface area contributed by atoms with Gasteiger partial charge in [0.05, 0.1) is 31.6 Å². The van der Waals surface area contributed by atoms with E-state index in [9.17, 15) is 0 Å². The fourth-order valence-corrected chi connectivity index (χ4v) is 1.79. The van der Waals surface area contributed by atoms with Gasteiger partial charge in [0.2, 0.25) is 0 Å². The van der Waals surface area contributed by atoms with Crippen LogP contribution in [0.15, 0.2) is 4.60 Å². The van der Waals surface area contributed by atoms with Crippen molar-refractivity contribution in [2.24, 2.45) is 12.8 Å². The first-order valence-corrected chi connectivity index (χ1v) is 5.33. The molecule has 1 aromatic rings. The maximum Gasteiger partial charge on any atom is 0.153 e. The van der Waals surface area contributed by atoms with Crippen LogP contribution in [0.25, 0.3) is 0 Å². The Bertz CT molecular complexity index is 285. The molecule has 2 N–H and O–H groups in total. The van der Waals surface area contributed by atoms with Crippen LogP contribution in [0.2, 0.25) is 0 Å². The Hall–Kier alpha value is -0.500. The highest BCUT2D eigenvalue weighted by atomic mass is 79.9. The fraction of sp³-hybridized carbons (Fsp3) is 0.750. The average Bonchev–Trinajstić information content (AvgIpc) is 2.53. The molecule has 86 valence electrons. The Labute approximate surface area is 96.9 Å². The van der Waals surface area contributed by atoms with E-state index in [1.165, 1.54) is 0 Å². The Morgan fingerprint density at radius 3 is 2.80 bits per heavy atom. The second kappa shape index (κ2) is 6.16. The van der Waals surface area contributed by atoms with Gasteiger partial charge in [-0.1, -0.05) is 5.21 Å². The minimum absolute atomic E-state index is 0.240. The van der Waals surface area contributed by atoms with Gasteiger partial charge in [-0.3, -0.25) is 0 Å². The molecule has 0 radical (unpaired) electrons. The molecule has 6 nitrogen and oxygen atoms in total. The van der Waals surface area contributed by atoms with Crippen molar-refractivity contribution in [3.05, 3.63) is 10.3 Å². The predicted octanol–water partition coefficient (Wildman–Crippen LogP) is 0.240. The van der Waals surface area contributed by atoms with Crippen LogP contribution in [0.3, 0.4) is 0 Å². The van der Waals surface area contributed by atoms with Crippen LogP contribution in [-0.2, 0) is 16.5 Å². The van der Waals surface area contributed by atoms with Crippen molar-refractivity contribution >= 4 is 15.9 Å². The first-order valence-electron chi connectivity index (χ1n) is 4.54. The van der Waals surface area contributed by atoms with E-state index in [0.717, 1.165) is 5.69 Å². The minimum Gasteiger partial charge on any atom is -0.382 e. The summed E-state index contributed by atoms with van der Waals surface area (Å²) in [5.41, 5.74) is 6.75. The lowest BCUT2D eigenvalue weighted by Gasteiger charge is -2.12. The standard InChI is InChI=1S/C8H15BrN4O2/c1-13-7(8(9)11-12-13)6(10)5-15-4-3-14-2/h6H,3-5,10H2,1-2H3. The molecule has 0 aliphatic heterocycles. The van der Waals surface area contributed by atoms with Crippen molar-refractivity contribution in [3.8, 4) is 0 Å². The minimum atomic E-state index is -0.240. The molecule has 1 heterocycles. The highest BCUT2D eigenvalue weighted by molar-refractivity contribution is 9.10. The van der Waals surface area contributed by atoms with E-state index in [-0.39, 0.29) is 6.04 Å². The number of hydrogen-bond donors (Lipinski definition) is 1. The van der Waals surface area contributed by atoms with Gasteiger partial charge < -0.3 is 15.2 Å². The lowest BCUT2D eigenvalue weighted by atomic mass is 10.2. The van der Waals surface area contributed by atoms with Crippen molar-refractivity contribution in [2.45, 2.75) is 6.04 Å². The van der Waals surface area contributed by atoms with Crippen LogP contribution in [0, 0.1) is 0 Å². The third-order valence-corrected chi connectivity index (χ3v) is 2.47. The summed E-state index contributed by atoms with van der Waals surface area (Å²) in [5.74, 6) is 0. The Morgan fingerprint density at radius 2 is 2.27 bits per heavy atom. The first-order chi connectivity index (χ1) is 7.16. The number of nitrogens with two attached hydrogens (primary N) is 1. The van der Waals surface area contributed by atoms with E-state index in [4.69, 9.17) is 15.2 Å². The Balaban J connectivity index is 2.43. The lowest BCUT2D eigenvalue weighted by molar-refractivity contribution is 0.0626. The number of aryl methyl sites for hydroxylation is 1. The summed E-state index contributed by atoms with van der Waals surface area (Å²) in [6.07, 6.45) is 0. The van der Waals surface area contributed by atoms with Crippen molar-refractivity contribution in [3.63, 3.8) is 0 Å². The predicted molar refractivity (Wildman–Crippen MR) is 58.3 cm³/mol. The van der Waals surface area contributed by atoms with E-state index in [2.05, 4.69) is 26.2 Å². The van der Waals surface area contributed by atoms with Gasteiger partial charge >= 0.3 is 0 Å². The van der Waals surface area contributed by atoms with E-state index in [1.807, 2.05) is 0 Å².